The number of phenols is 1. The molecular weight excluding hydrogens is 168 g/mol. The van der Waals surface area contributed by atoms with Gasteiger partial charge in [-0.1, -0.05) is 11.6 Å². The minimum atomic E-state index is -5.00. The Balaban J connectivity index is 3.18. The lowest BCUT2D eigenvalue weighted by molar-refractivity contribution is 0.472. The van der Waals surface area contributed by atoms with Crippen LogP contribution in [0.15, 0.2) is 18.2 Å². The van der Waals surface area contributed by atoms with Gasteiger partial charge in [-0.25, -0.2) is 0 Å². The van der Waals surface area contributed by atoms with Gasteiger partial charge in [0.1, 0.15) is 5.75 Å². The summed E-state index contributed by atoms with van der Waals surface area (Å²) in [6, 6.07) is 3.03. The van der Waals surface area contributed by atoms with Gasteiger partial charge in [-0.2, -0.15) is 0 Å². The minimum Gasteiger partial charge on any atom is -0.508 e. The van der Waals surface area contributed by atoms with Crippen LogP contribution in [0.4, 0.5) is 12.9 Å². The molecule has 12 heavy (non-hydrogen) atoms. The zero-order chi connectivity index (χ0) is 9.35. The van der Waals surface area contributed by atoms with Crippen molar-refractivity contribution in [3.05, 3.63) is 23.8 Å². The summed E-state index contributed by atoms with van der Waals surface area (Å²) < 4.78 is 36.3. The fourth-order valence-electron chi connectivity index (χ4n) is 0.981. The number of aromatic hydroxyl groups is 1. The Morgan fingerprint density at radius 2 is 1.75 bits per heavy atom. The Morgan fingerprint density at radius 3 is 2.17 bits per heavy atom. The summed E-state index contributed by atoms with van der Waals surface area (Å²) in [5.74, 6) is -0.343. The summed E-state index contributed by atoms with van der Waals surface area (Å²) in [5, 5.41) is 8.87. The van der Waals surface area contributed by atoms with Gasteiger partial charge in [0.15, 0.2) is 0 Å². The molecule has 1 aromatic carbocycles. The molecule has 0 atom stereocenters. The van der Waals surface area contributed by atoms with Crippen molar-refractivity contribution in [3.8, 4) is 5.75 Å². The normalized spacial score (nSPS) is 11.7. The van der Waals surface area contributed by atoms with E-state index in [1.165, 1.54) is 13.0 Å². The van der Waals surface area contributed by atoms with Crippen molar-refractivity contribution in [2.24, 2.45) is 0 Å². The predicted octanol–water partition coefficient (Wildman–Crippen LogP) is 1.76. The van der Waals surface area contributed by atoms with E-state index in [2.05, 4.69) is 0 Å². The number of hydrogen-bond donors (Lipinski definition) is 1. The zero-order valence-corrected chi connectivity index (χ0v) is 6.39. The molecule has 1 rings (SSSR count). The lowest BCUT2D eigenvalue weighted by atomic mass is 9.79. The van der Waals surface area contributed by atoms with Crippen molar-refractivity contribution in [2.45, 2.75) is 6.92 Å². The van der Waals surface area contributed by atoms with Crippen LogP contribution in [0, 0.1) is 6.92 Å². The fourth-order valence-corrected chi connectivity index (χ4v) is 0.981. The molecule has 0 heterocycles. The van der Waals surface area contributed by atoms with Crippen molar-refractivity contribution in [2.75, 3.05) is 0 Å². The molecule has 5 heteroatoms. The first-order chi connectivity index (χ1) is 5.39. The maximum Gasteiger partial charge on any atom is 0.509 e. The summed E-state index contributed by atoms with van der Waals surface area (Å²) in [6.45, 7) is -3.50. The molecule has 1 aromatic rings. The molecule has 0 bridgehead atoms. The topological polar surface area (TPSA) is 20.2 Å². The van der Waals surface area contributed by atoms with Crippen molar-refractivity contribution in [1.82, 2.24) is 0 Å². The second-order valence-electron chi connectivity index (χ2n) is 2.68. The van der Waals surface area contributed by atoms with E-state index in [-0.39, 0.29) is 5.75 Å². The molecule has 1 N–H and O–H groups in total. The summed E-state index contributed by atoms with van der Waals surface area (Å²) in [4.78, 5) is 0. The van der Waals surface area contributed by atoms with Crippen LogP contribution in [-0.4, -0.2) is 12.1 Å². The van der Waals surface area contributed by atoms with Gasteiger partial charge in [0, 0.05) is 0 Å². The van der Waals surface area contributed by atoms with Gasteiger partial charge in [-0.15, -0.1) is 5.46 Å². The molecule has 0 aliphatic heterocycles. The SMILES string of the molecule is Cc1cc(O)cc([B-](F)(F)F)c1. The van der Waals surface area contributed by atoms with Crippen LogP contribution in [0.1, 0.15) is 5.56 Å². The van der Waals surface area contributed by atoms with E-state index in [1.54, 1.807) is 0 Å². The molecule has 66 valence electrons. The smallest absolute Gasteiger partial charge is 0.508 e. The van der Waals surface area contributed by atoms with Crippen LogP contribution < -0.4 is 5.46 Å². The Morgan fingerprint density at radius 1 is 1.17 bits per heavy atom. The Labute approximate surface area is 67.9 Å². The number of hydrogen-bond acceptors (Lipinski definition) is 1. The van der Waals surface area contributed by atoms with Gasteiger partial charge in [0.25, 0.3) is 0 Å². The summed E-state index contributed by atoms with van der Waals surface area (Å²) in [5.41, 5.74) is -0.350. The summed E-state index contributed by atoms with van der Waals surface area (Å²) in [6.07, 6.45) is 0. The third-order valence-corrected chi connectivity index (χ3v) is 1.46. The Kier molecular flexibility index (Phi) is 2.04. The van der Waals surface area contributed by atoms with Crippen LogP contribution in [-0.2, 0) is 0 Å². The molecular formula is C7H7BF3O-. The molecule has 0 saturated carbocycles. The first-order valence-electron chi connectivity index (χ1n) is 3.40. The van der Waals surface area contributed by atoms with E-state index in [0.29, 0.717) is 5.56 Å². The molecule has 0 spiro atoms. The Hall–Kier alpha value is -1.13. The third kappa shape index (κ3) is 1.93. The van der Waals surface area contributed by atoms with Gasteiger partial charge in [-0.05, 0) is 19.1 Å². The molecule has 0 unspecified atom stereocenters. The number of rotatable bonds is 1. The van der Waals surface area contributed by atoms with Crippen molar-refractivity contribution in [1.29, 1.82) is 0 Å². The maximum absolute atomic E-state index is 12.1. The second kappa shape index (κ2) is 2.73. The molecule has 0 radical (unpaired) electrons. The third-order valence-electron chi connectivity index (χ3n) is 1.46. The first-order valence-corrected chi connectivity index (χ1v) is 3.40. The van der Waals surface area contributed by atoms with Crippen molar-refractivity contribution in [3.63, 3.8) is 0 Å². The average molecular weight is 175 g/mol. The molecule has 0 aliphatic rings. The molecule has 0 saturated heterocycles. The highest BCUT2D eigenvalue weighted by atomic mass is 19.4. The van der Waals surface area contributed by atoms with Crippen LogP contribution in [0.5, 0.6) is 5.75 Å². The van der Waals surface area contributed by atoms with Crippen molar-refractivity contribution >= 4 is 12.4 Å². The van der Waals surface area contributed by atoms with E-state index in [4.69, 9.17) is 5.11 Å². The largest absolute Gasteiger partial charge is 0.509 e. The fraction of sp³-hybridized carbons (Fsp3) is 0.143. The van der Waals surface area contributed by atoms with E-state index in [1.807, 2.05) is 0 Å². The lowest BCUT2D eigenvalue weighted by Crippen LogP contribution is -2.33. The van der Waals surface area contributed by atoms with Gasteiger partial charge in [-0.3, -0.25) is 0 Å². The standard InChI is InChI=1S/C7H7BF3O/c1-5-2-6(8(9,10)11)4-7(12)3-5/h2-4,12H,1H3/q-1. The number of benzene rings is 1. The molecule has 1 nitrogen and oxygen atoms in total. The lowest BCUT2D eigenvalue weighted by Gasteiger charge is -2.15. The number of phenolic OH excluding ortho intramolecular Hbond substituents is 1. The molecule has 0 fully saturated rings. The molecule has 0 aromatic heterocycles. The zero-order valence-electron chi connectivity index (χ0n) is 6.39. The Bertz CT molecular complexity index is 275. The quantitative estimate of drug-likeness (QED) is 0.644. The highest BCUT2D eigenvalue weighted by Crippen LogP contribution is 2.15. The van der Waals surface area contributed by atoms with Gasteiger partial charge >= 0.3 is 6.98 Å². The van der Waals surface area contributed by atoms with E-state index >= 15 is 0 Å². The number of aryl methyl sites for hydroxylation is 1. The van der Waals surface area contributed by atoms with E-state index in [9.17, 15) is 12.9 Å². The van der Waals surface area contributed by atoms with Crippen LogP contribution in [0.25, 0.3) is 0 Å². The van der Waals surface area contributed by atoms with E-state index < -0.39 is 12.4 Å². The summed E-state index contributed by atoms with van der Waals surface area (Å²) >= 11 is 0. The van der Waals surface area contributed by atoms with Gasteiger partial charge in [0.2, 0.25) is 0 Å². The van der Waals surface area contributed by atoms with Crippen LogP contribution in [0.3, 0.4) is 0 Å². The maximum atomic E-state index is 12.1. The van der Waals surface area contributed by atoms with Gasteiger partial charge in [0.05, 0.1) is 0 Å². The van der Waals surface area contributed by atoms with Crippen LogP contribution >= 0.6 is 0 Å². The molecule has 0 aliphatic carbocycles. The highest BCUT2D eigenvalue weighted by Gasteiger charge is 2.25. The summed E-state index contributed by atoms with van der Waals surface area (Å²) in [7, 11) is 0. The van der Waals surface area contributed by atoms with Gasteiger partial charge < -0.3 is 18.1 Å². The molecule has 0 amide bonds. The first kappa shape index (κ1) is 8.97. The number of halogens is 3. The minimum absolute atomic E-state index is 0.343. The van der Waals surface area contributed by atoms with E-state index in [0.717, 1.165) is 12.1 Å². The second-order valence-corrected chi connectivity index (χ2v) is 2.68. The van der Waals surface area contributed by atoms with Crippen molar-refractivity contribution < 1.29 is 18.1 Å². The monoisotopic (exact) mass is 175 g/mol. The predicted molar refractivity (Wildman–Crippen MR) is 41.6 cm³/mol. The highest BCUT2D eigenvalue weighted by molar-refractivity contribution is 6.73. The van der Waals surface area contributed by atoms with Crippen LogP contribution in [0.2, 0.25) is 0 Å². The average Bonchev–Trinajstić information content (AvgIpc) is 1.82.